The number of benzene rings is 2. The smallest absolute Gasteiger partial charge is 0.251 e. The molecule has 1 unspecified atom stereocenters. The summed E-state index contributed by atoms with van der Waals surface area (Å²) in [5, 5.41) is 12.7. The van der Waals surface area contributed by atoms with Crippen LogP contribution in [0.1, 0.15) is 22.0 Å². The summed E-state index contributed by atoms with van der Waals surface area (Å²) in [5.41, 5.74) is 7.53. The van der Waals surface area contributed by atoms with Gasteiger partial charge in [0.2, 0.25) is 0 Å². The molecule has 2 aromatic carbocycles. The van der Waals surface area contributed by atoms with Crippen LogP contribution < -0.4 is 11.1 Å². The molecule has 0 bridgehead atoms. The molecule has 0 saturated heterocycles. The zero-order chi connectivity index (χ0) is 14.5. The Morgan fingerprint density at radius 1 is 1.15 bits per heavy atom. The van der Waals surface area contributed by atoms with E-state index >= 15 is 0 Å². The van der Waals surface area contributed by atoms with Gasteiger partial charge in [0, 0.05) is 21.4 Å². The summed E-state index contributed by atoms with van der Waals surface area (Å²) >= 11 is 2.18. The van der Waals surface area contributed by atoms with Crippen LogP contribution in [0.3, 0.4) is 0 Å². The molecule has 0 fully saturated rings. The molecule has 0 spiro atoms. The number of carbonyl (C=O) groups excluding carboxylic acids is 1. The van der Waals surface area contributed by atoms with Gasteiger partial charge in [-0.2, -0.15) is 0 Å². The second-order valence-electron chi connectivity index (χ2n) is 4.40. The summed E-state index contributed by atoms with van der Waals surface area (Å²) in [4.78, 5) is 11.9. The fraction of sp³-hybridized carbons (Fsp3) is 0.133. The van der Waals surface area contributed by atoms with Gasteiger partial charge in [0.1, 0.15) is 0 Å². The van der Waals surface area contributed by atoms with Crippen molar-refractivity contribution in [1.82, 2.24) is 5.32 Å². The third-order valence-electron chi connectivity index (χ3n) is 2.88. The molecule has 0 saturated carbocycles. The molecular weight excluding hydrogens is 367 g/mol. The maximum Gasteiger partial charge on any atom is 0.251 e. The highest BCUT2D eigenvalue weighted by Gasteiger charge is 2.10. The van der Waals surface area contributed by atoms with Crippen molar-refractivity contribution in [2.24, 2.45) is 0 Å². The third kappa shape index (κ3) is 3.94. The van der Waals surface area contributed by atoms with Crippen LogP contribution in [0, 0.1) is 3.57 Å². The van der Waals surface area contributed by atoms with E-state index in [1.54, 1.807) is 36.4 Å². The molecule has 0 aliphatic carbocycles. The number of nitrogen functional groups attached to an aromatic ring is 1. The Morgan fingerprint density at radius 2 is 1.75 bits per heavy atom. The number of amides is 1. The van der Waals surface area contributed by atoms with Crippen LogP contribution in [-0.4, -0.2) is 17.6 Å². The lowest BCUT2D eigenvalue weighted by atomic mass is 10.1. The molecule has 1 atom stereocenters. The Kier molecular flexibility index (Phi) is 4.97. The summed E-state index contributed by atoms with van der Waals surface area (Å²) in [5.74, 6) is -0.198. The molecule has 2 aromatic rings. The SMILES string of the molecule is Nc1ccc(C(O)CNC(=O)c2ccc(I)cc2)cc1. The number of aliphatic hydroxyl groups is 1. The molecule has 0 aliphatic heterocycles. The molecule has 4 nitrogen and oxygen atoms in total. The van der Waals surface area contributed by atoms with Gasteiger partial charge in [0.15, 0.2) is 0 Å². The maximum absolute atomic E-state index is 11.9. The number of nitrogens with one attached hydrogen (secondary N) is 1. The Balaban J connectivity index is 1.92. The third-order valence-corrected chi connectivity index (χ3v) is 3.60. The number of aliphatic hydroxyl groups excluding tert-OH is 1. The summed E-state index contributed by atoms with van der Waals surface area (Å²) in [6, 6.07) is 14.2. The summed E-state index contributed by atoms with van der Waals surface area (Å²) < 4.78 is 1.07. The molecule has 2 rings (SSSR count). The van der Waals surface area contributed by atoms with E-state index in [1.807, 2.05) is 12.1 Å². The Hall–Kier alpha value is -1.60. The summed E-state index contributed by atoms with van der Waals surface area (Å²) in [6.07, 6.45) is -0.747. The predicted molar refractivity (Wildman–Crippen MR) is 87.3 cm³/mol. The average molecular weight is 382 g/mol. The van der Waals surface area contributed by atoms with E-state index in [4.69, 9.17) is 5.73 Å². The first kappa shape index (κ1) is 14.8. The fourth-order valence-electron chi connectivity index (χ4n) is 1.73. The minimum absolute atomic E-state index is 0.161. The maximum atomic E-state index is 11.9. The van der Waals surface area contributed by atoms with E-state index in [0.717, 1.165) is 9.13 Å². The van der Waals surface area contributed by atoms with Gasteiger partial charge in [-0.15, -0.1) is 0 Å². The first-order valence-corrected chi connectivity index (χ1v) is 7.21. The number of halogens is 1. The van der Waals surface area contributed by atoms with E-state index in [0.29, 0.717) is 11.3 Å². The van der Waals surface area contributed by atoms with Crippen LogP contribution in [0.4, 0.5) is 5.69 Å². The Bertz CT molecular complexity index is 582. The van der Waals surface area contributed by atoms with Crippen molar-refractivity contribution in [3.8, 4) is 0 Å². The monoisotopic (exact) mass is 382 g/mol. The zero-order valence-corrected chi connectivity index (χ0v) is 12.9. The van der Waals surface area contributed by atoms with Gasteiger partial charge in [0.05, 0.1) is 6.10 Å². The number of hydrogen-bond acceptors (Lipinski definition) is 3. The highest BCUT2D eigenvalue weighted by atomic mass is 127. The molecule has 1 amide bonds. The molecule has 4 N–H and O–H groups in total. The second kappa shape index (κ2) is 6.71. The molecule has 0 aromatic heterocycles. The van der Waals surface area contributed by atoms with Crippen molar-refractivity contribution in [2.75, 3.05) is 12.3 Å². The van der Waals surface area contributed by atoms with E-state index in [-0.39, 0.29) is 12.5 Å². The van der Waals surface area contributed by atoms with E-state index in [9.17, 15) is 9.90 Å². The normalized spacial score (nSPS) is 11.9. The van der Waals surface area contributed by atoms with Gasteiger partial charge in [0.25, 0.3) is 5.91 Å². The lowest BCUT2D eigenvalue weighted by molar-refractivity contribution is 0.0916. The van der Waals surface area contributed by atoms with Crippen molar-refractivity contribution in [3.05, 3.63) is 63.2 Å². The molecule has 0 radical (unpaired) electrons. The molecule has 0 aliphatic rings. The zero-order valence-electron chi connectivity index (χ0n) is 10.7. The second-order valence-corrected chi connectivity index (χ2v) is 5.65. The van der Waals surface area contributed by atoms with Crippen LogP contribution in [0.5, 0.6) is 0 Å². The summed E-state index contributed by atoms with van der Waals surface area (Å²) in [6.45, 7) is 0.161. The van der Waals surface area contributed by atoms with Gasteiger partial charge in [-0.05, 0) is 64.6 Å². The van der Waals surface area contributed by atoms with Crippen LogP contribution in [-0.2, 0) is 0 Å². The predicted octanol–water partition coefficient (Wildman–Crippen LogP) is 2.34. The van der Waals surface area contributed by atoms with Gasteiger partial charge >= 0.3 is 0 Å². The first-order chi connectivity index (χ1) is 9.56. The summed E-state index contributed by atoms with van der Waals surface area (Å²) in [7, 11) is 0. The fourth-order valence-corrected chi connectivity index (χ4v) is 2.09. The Labute approximate surface area is 131 Å². The van der Waals surface area contributed by atoms with Gasteiger partial charge in [-0.3, -0.25) is 4.79 Å². The lowest BCUT2D eigenvalue weighted by Gasteiger charge is -2.12. The molecular formula is C15H15IN2O2. The molecule has 0 heterocycles. The van der Waals surface area contributed by atoms with Crippen molar-refractivity contribution < 1.29 is 9.90 Å². The van der Waals surface area contributed by atoms with E-state index in [1.165, 1.54) is 0 Å². The minimum Gasteiger partial charge on any atom is -0.399 e. The number of carbonyl (C=O) groups is 1. The van der Waals surface area contributed by atoms with Crippen molar-refractivity contribution >= 4 is 34.2 Å². The van der Waals surface area contributed by atoms with Gasteiger partial charge in [-0.25, -0.2) is 0 Å². The van der Waals surface area contributed by atoms with Crippen LogP contribution in [0.2, 0.25) is 0 Å². The van der Waals surface area contributed by atoms with E-state index < -0.39 is 6.10 Å². The van der Waals surface area contributed by atoms with Crippen molar-refractivity contribution in [2.45, 2.75) is 6.10 Å². The number of anilines is 1. The average Bonchev–Trinajstić information content (AvgIpc) is 2.46. The van der Waals surface area contributed by atoms with Crippen molar-refractivity contribution in [3.63, 3.8) is 0 Å². The van der Waals surface area contributed by atoms with Crippen LogP contribution in [0.25, 0.3) is 0 Å². The van der Waals surface area contributed by atoms with Gasteiger partial charge in [-0.1, -0.05) is 12.1 Å². The topological polar surface area (TPSA) is 75.3 Å². The van der Waals surface area contributed by atoms with Crippen LogP contribution in [0.15, 0.2) is 48.5 Å². The highest BCUT2D eigenvalue weighted by Crippen LogP contribution is 2.14. The lowest BCUT2D eigenvalue weighted by Crippen LogP contribution is -2.28. The molecule has 104 valence electrons. The first-order valence-electron chi connectivity index (χ1n) is 6.13. The van der Waals surface area contributed by atoms with E-state index in [2.05, 4.69) is 27.9 Å². The minimum atomic E-state index is -0.747. The number of rotatable bonds is 4. The standard InChI is InChI=1S/C15H15IN2O2/c16-12-5-1-11(2-6-12)15(20)18-9-14(19)10-3-7-13(17)8-4-10/h1-8,14,19H,9,17H2,(H,18,20). The van der Waals surface area contributed by atoms with Crippen molar-refractivity contribution in [1.29, 1.82) is 0 Å². The highest BCUT2D eigenvalue weighted by molar-refractivity contribution is 14.1. The van der Waals surface area contributed by atoms with Gasteiger partial charge < -0.3 is 16.2 Å². The molecule has 5 heteroatoms. The number of nitrogens with two attached hydrogens (primary N) is 1. The quantitative estimate of drug-likeness (QED) is 0.561. The number of hydrogen-bond donors (Lipinski definition) is 3. The Morgan fingerprint density at radius 3 is 2.35 bits per heavy atom. The van der Waals surface area contributed by atoms with Crippen LogP contribution >= 0.6 is 22.6 Å². The molecule has 20 heavy (non-hydrogen) atoms. The largest absolute Gasteiger partial charge is 0.399 e.